The Morgan fingerprint density at radius 1 is 1.10 bits per heavy atom. The highest BCUT2D eigenvalue weighted by atomic mass is 16.5. The fourth-order valence-corrected chi connectivity index (χ4v) is 2.57. The smallest absolute Gasteiger partial charge is 0.159 e. The maximum atomic E-state index is 11.4. The summed E-state index contributed by atoms with van der Waals surface area (Å²) >= 11 is 0. The van der Waals surface area contributed by atoms with Crippen LogP contribution in [-0.2, 0) is 0 Å². The number of Topliss-reactive ketones (excluding diaryl/α,β-unsaturated/α-hetero) is 1. The Morgan fingerprint density at radius 2 is 1.85 bits per heavy atom. The number of carbonyl (C=O) groups excluding carboxylic acids is 1. The van der Waals surface area contributed by atoms with Crippen LogP contribution < -0.4 is 4.74 Å². The van der Waals surface area contributed by atoms with Crippen molar-refractivity contribution in [3.8, 4) is 5.75 Å². The van der Waals surface area contributed by atoms with Crippen LogP contribution in [0.3, 0.4) is 0 Å². The van der Waals surface area contributed by atoms with Crippen LogP contribution in [-0.4, -0.2) is 12.4 Å². The number of ether oxygens (including phenoxy) is 1. The molecule has 3 rings (SSSR count). The molecule has 0 aromatic heterocycles. The van der Waals surface area contributed by atoms with Gasteiger partial charge in [-0.3, -0.25) is 4.79 Å². The molecular formula is C18H16O2. The van der Waals surface area contributed by atoms with Crippen LogP contribution in [0.5, 0.6) is 5.75 Å². The van der Waals surface area contributed by atoms with Crippen LogP contribution in [0.4, 0.5) is 0 Å². The molecule has 0 spiro atoms. The molecule has 0 bridgehead atoms. The predicted octanol–water partition coefficient (Wildman–Crippen LogP) is 4.02. The molecule has 0 radical (unpaired) electrons. The van der Waals surface area contributed by atoms with Crippen molar-refractivity contribution in [2.75, 3.05) is 6.61 Å². The Kier molecular flexibility index (Phi) is 3.15. The summed E-state index contributed by atoms with van der Waals surface area (Å²) in [5, 5.41) is 0. The van der Waals surface area contributed by atoms with E-state index in [0.717, 1.165) is 22.4 Å². The number of hydrogen-bond donors (Lipinski definition) is 0. The summed E-state index contributed by atoms with van der Waals surface area (Å²) in [5.41, 5.74) is 5.39. The SMILES string of the molecule is CC(=O)c1ccc(C2=CCOc3cccc(C)c32)cc1. The lowest BCUT2D eigenvalue weighted by Gasteiger charge is -2.21. The van der Waals surface area contributed by atoms with E-state index in [1.807, 2.05) is 36.4 Å². The second-order valence-corrected chi connectivity index (χ2v) is 5.01. The van der Waals surface area contributed by atoms with E-state index >= 15 is 0 Å². The minimum atomic E-state index is 0.0917. The third-order valence-electron chi connectivity index (χ3n) is 3.63. The summed E-state index contributed by atoms with van der Waals surface area (Å²) in [7, 11) is 0. The highest BCUT2D eigenvalue weighted by Crippen LogP contribution is 2.36. The van der Waals surface area contributed by atoms with Gasteiger partial charge in [0.1, 0.15) is 12.4 Å². The zero-order chi connectivity index (χ0) is 14.1. The van der Waals surface area contributed by atoms with Crippen molar-refractivity contribution in [2.45, 2.75) is 13.8 Å². The summed E-state index contributed by atoms with van der Waals surface area (Å²) in [6.45, 7) is 4.26. The van der Waals surface area contributed by atoms with Gasteiger partial charge in [0, 0.05) is 11.1 Å². The van der Waals surface area contributed by atoms with Crippen LogP contribution in [0.25, 0.3) is 5.57 Å². The third kappa shape index (κ3) is 2.14. The van der Waals surface area contributed by atoms with Gasteiger partial charge in [0.15, 0.2) is 5.78 Å². The lowest BCUT2D eigenvalue weighted by atomic mass is 9.91. The molecule has 2 heteroatoms. The highest BCUT2D eigenvalue weighted by molar-refractivity contribution is 5.95. The molecule has 20 heavy (non-hydrogen) atoms. The Morgan fingerprint density at radius 3 is 2.55 bits per heavy atom. The average molecular weight is 264 g/mol. The molecule has 0 saturated carbocycles. The molecule has 2 nitrogen and oxygen atoms in total. The highest BCUT2D eigenvalue weighted by Gasteiger charge is 2.17. The summed E-state index contributed by atoms with van der Waals surface area (Å²) in [6, 6.07) is 13.9. The quantitative estimate of drug-likeness (QED) is 0.766. The van der Waals surface area contributed by atoms with Gasteiger partial charge >= 0.3 is 0 Å². The standard InChI is InChI=1S/C18H16O2/c1-12-4-3-5-17-18(12)16(10-11-20-17)15-8-6-14(7-9-15)13(2)19/h3-10H,11H2,1-2H3. The Balaban J connectivity index is 2.07. The predicted molar refractivity (Wildman–Crippen MR) is 80.2 cm³/mol. The molecule has 1 aliphatic heterocycles. The Labute approximate surface area is 118 Å². The molecule has 0 amide bonds. The maximum Gasteiger partial charge on any atom is 0.159 e. The second-order valence-electron chi connectivity index (χ2n) is 5.01. The van der Waals surface area contributed by atoms with Gasteiger partial charge in [-0.1, -0.05) is 36.4 Å². The van der Waals surface area contributed by atoms with Crippen LogP contribution in [0.1, 0.15) is 34.0 Å². The summed E-state index contributed by atoms with van der Waals surface area (Å²) in [5.74, 6) is 1.02. The number of aryl methyl sites for hydroxylation is 1. The minimum absolute atomic E-state index is 0.0917. The van der Waals surface area contributed by atoms with E-state index in [2.05, 4.69) is 19.1 Å². The van der Waals surface area contributed by atoms with Crippen LogP contribution >= 0.6 is 0 Å². The van der Waals surface area contributed by atoms with Crippen LogP contribution in [0, 0.1) is 6.92 Å². The van der Waals surface area contributed by atoms with E-state index in [-0.39, 0.29) is 5.78 Å². The summed E-state index contributed by atoms with van der Waals surface area (Å²) < 4.78 is 5.69. The van der Waals surface area contributed by atoms with E-state index in [1.165, 1.54) is 11.1 Å². The first-order valence-electron chi connectivity index (χ1n) is 6.71. The van der Waals surface area contributed by atoms with E-state index in [9.17, 15) is 4.79 Å². The monoisotopic (exact) mass is 264 g/mol. The van der Waals surface area contributed by atoms with Gasteiger partial charge in [-0.25, -0.2) is 0 Å². The van der Waals surface area contributed by atoms with Gasteiger partial charge in [0.2, 0.25) is 0 Å². The van der Waals surface area contributed by atoms with Crippen molar-refractivity contribution in [3.05, 3.63) is 70.8 Å². The molecule has 0 aliphatic carbocycles. The molecule has 0 N–H and O–H groups in total. The van der Waals surface area contributed by atoms with E-state index in [1.54, 1.807) is 6.92 Å². The number of ketones is 1. The van der Waals surface area contributed by atoms with Crippen molar-refractivity contribution in [3.63, 3.8) is 0 Å². The van der Waals surface area contributed by atoms with Gasteiger partial charge in [-0.05, 0) is 42.7 Å². The van der Waals surface area contributed by atoms with Gasteiger partial charge in [0.25, 0.3) is 0 Å². The minimum Gasteiger partial charge on any atom is -0.489 e. The first kappa shape index (κ1) is 12.7. The number of carbonyl (C=O) groups is 1. The van der Waals surface area contributed by atoms with Crippen molar-refractivity contribution < 1.29 is 9.53 Å². The molecule has 100 valence electrons. The molecule has 0 fully saturated rings. The van der Waals surface area contributed by atoms with E-state index < -0.39 is 0 Å². The van der Waals surface area contributed by atoms with E-state index in [4.69, 9.17) is 4.74 Å². The fraction of sp³-hybridized carbons (Fsp3) is 0.167. The normalized spacial score (nSPS) is 13.2. The van der Waals surface area contributed by atoms with Gasteiger partial charge in [-0.2, -0.15) is 0 Å². The molecule has 2 aromatic rings. The van der Waals surface area contributed by atoms with Crippen LogP contribution in [0.15, 0.2) is 48.5 Å². The number of rotatable bonds is 2. The first-order valence-corrected chi connectivity index (χ1v) is 6.71. The number of fused-ring (bicyclic) bond motifs is 1. The molecular weight excluding hydrogens is 248 g/mol. The van der Waals surface area contributed by atoms with Crippen LogP contribution in [0.2, 0.25) is 0 Å². The van der Waals surface area contributed by atoms with Gasteiger partial charge in [0.05, 0.1) is 0 Å². The Bertz CT molecular complexity index is 694. The largest absolute Gasteiger partial charge is 0.489 e. The summed E-state index contributed by atoms with van der Waals surface area (Å²) in [6.07, 6.45) is 2.10. The maximum absolute atomic E-state index is 11.4. The molecule has 1 heterocycles. The zero-order valence-electron chi connectivity index (χ0n) is 11.6. The van der Waals surface area contributed by atoms with E-state index in [0.29, 0.717) is 6.61 Å². The fourth-order valence-electron chi connectivity index (χ4n) is 2.57. The molecule has 0 saturated heterocycles. The molecule has 0 unspecified atom stereocenters. The lowest BCUT2D eigenvalue weighted by molar-refractivity contribution is 0.101. The third-order valence-corrected chi connectivity index (χ3v) is 3.63. The molecule has 0 atom stereocenters. The second kappa shape index (κ2) is 4.97. The van der Waals surface area contributed by atoms with Crippen molar-refractivity contribution in [2.24, 2.45) is 0 Å². The zero-order valence-corrected chi connectivity index (χ0v) is 11.6. The topological polar surface area (TPSA) is 26.3 Å². The first-order chi connectivity index (χ1) is 9.66. The Hall–Kier alpha value is -2.35. The van der Waals surface area contributed by atoms with Crippen molar-refractivity contribution in [1.82, 2.24) is 0 Å². The lowest BCUT2D eigenvalue weighted by Crippen LogP contribution is -2.07. The van der Waals surface area contributed by atoms with Gasteiger partial charge in [-0.15, -0.1) is 0 Å². The van der Waals surface area contributed by atoms with Crippen molar-refractivity contribution in [1.29, 1.82) is 0 Å². The number of benzene rings is 2. The number of hydrogen-bond acceptors (Lipinski definition) is 2. The van der Waals surface area contributed by atoms with Crippen molar-refractivity contribution >= 4 is 11.4 Å². The average Bonchev–Trinajstić information content (AvgIpc) is 2.47. The van der Waals surface area contributed by atoms with Gasteiger partial charge < -0.3 is 4.74 Å². The molecule has 2 aromatic carbocycles. The molecule has 1 aliphatic rings. The summed E-state index contributed by atoms with van der Waals surface area (Å²) in [4.78, 5) is 11.4.